The Labute approximate surface area is 186 Å². The first-order chi connectivity index (χ1) is 15.4. The summed E-state index contributed by atoms with van der Waals surface area (Å²) in [5.41, 5.74) is 3.39. The Kier molecular flexibility index (Phi) is 6.34. The molecule has 1 aliphatic rings. The number of pyridine rings is 1. The van der Waals surface area contributed by atoms with Crippen molar-refractivity contribution in [2.75, 3.05) is 20.2 Å². The van der Waals surface area contributed by atoms with Crippen LogP contribution < -0.4 is 10.1 Å². The van der Waals surface area contributed by atoms with Crippen LogP contribution in [-0.4, -0.2) is 52.2 Å². The number of likely N-dealkylation sites (tertiary alicyclic amines) is 1. The van der Waals surface area contributed by atoms with Gasteiger partial charge >= 0.3 is 0 Å². The quantitative estimate of drug-likeness (QED) is 0.631. The second-order valence-corrected chi connectivity index (χ2v) is 8.22. The number of hydrogen-bond donors (Lipinski definition) is 1. The van der Waals surface area contributed by atoms with E-state index in [1.54, 1.807) is 14.0 Å². The molecule has 2 aromatic heterocycles. The number of benzene rings is 1. The normalized spacial score (nSPS) is 16.2. The van der Waals surface area contributed by atoms with E-state index in [0.717, 1.165) is 29.5 Å². The van der Waals surface area contributed by atoms with Gasteiger partial charge in [0.1, 0.15) is 17.1 Å². The molecule has 32 heavy (non-hydrogen) atoms. The standard InChI is InChI=1S/C23H27N5O4/c1-14-19(11-17-10-18(31-3)6-7-20(17)25-14)23(30)28-8-4-5-16(13-28)9-22(29)24-12-21-15(2)26-32-27-21/h6-7,10-11,16H,4-5,8-9,12-13H2,1-3H3,(H,24,29). The Hall–Kier alpha value is -3.49. The molecule has 3 aromatic rings. The van der Waals surface area contributed by atoms with E-state index in [1.165, 1.54) is 0 Å². The number of nitrogens with zero attached hydrogens (tertiary/aromatic N) is 4. The lowest BCUT2D eigenvalue weighted by molar-refractivity contribution is -0.122. The molecule has 4 rings (SSSR count). The summed E-state index contributed by atoms with van der Waals surface area (Å²) in [6, 6.07) is 7.51. The molecule has 0 radical (unpaired) electrons. The minimum Gasteiger partial charge on any atom is -0.497 e. The zero-order valence-corrected chi connectivity index (χ0v) is 18.6. The number of rotatable bonds is 6. The summed E-state index contributed by atoms with van der Waals surface area (Å²) >= 11 is 0. The molecular formula is C23H27N5O4. The number of carbonyl (C=O) groups excluding carboxylic acids is 2. The Morgan fingerprint density at radius 1 is 1.22 bits per heavy atom. The Balaban J connectivity index is 1.41. The van der Waals surface area contributed by atoms with E-state index in [9.17, 15) is 9.59 Å². The monoisotopic (exact) mass is 437 g/mol. The van der Waals surface area contributed by atoms with Gasteiger partial charge in [0.15, 0.2) is 0 Å². The third-order valence-corrected chi connectivity index (χ3v) is 5.92. The minimum absolute atomic E-state index is 0.0471. The Morgan fingerprint density at radius 3 is 2.81 bits per heavy atom. The molecule has 1 aliphatic heterocycles. The summed E-state index contributed by atoms with van der Waals surface area (Å²) in [6.07, 6.45) is 2.14. The second kappa shape index (κ2) is 9.33. The average molecular weight is 438 g/mol. The van der Waals surface area contributed by atoms with Crippen molar-refractivity contribution in [3.05, 3.63) is 46.9 Å². The van der Waals surface area contributed by atoms with E-state index in [0.29, 0.717) is 42.2 Å². The van der Waals surface area contributed by atoms with Gasteiger partial charge < -0.3 is 15.0 Å². The lowest BCUT2D eigenvalue weighted by Gasteiger charge is -2.33. The Morgan fingerprint density at radius 2 is 2.06 bits per heavy atom. The van der Waals surface area contributed by atoms with Crippen LogP contribution in [0.5, 0.6) is 5.75 Å². The van der Waals surface area contributed by atoms with Crippen molar-refractivity contribution in [1.82, 2.24) is 25.5 Å². The third kappa shape index (κ3) is 4.71. The van der Waals surface area contributed by atoms with Crippen LogP contribution in [-0.2, 0) is 11.3 Å². The predicted octanol–water partition coefficient (Wildman–Crippen LogP) is 2.80. The fraction of sp³-hybridized carbons (Fsp3) is 0.435. The van der Waals surface area contributed by atoms with Gasteiger partial charge in [-0.15, -0.1) is 0 Å². The van der Waals surface area contributed by atoms with Crippen molar-refractivity contribution < 1.29 is 19.0 Å². The van der Waals surface area contributed by atoms with E-state index < -0.39 is 0 Å². The zero-order valence-electron chi connectivity index (χ0n) is 18.6. The van der Waals surface area contributed by atoms with Gasteiger partial charge in [-0.25, -0.2) is 4.63 Å². The number of carbonyl (C=O) groups is 2. The number of aryl methyl sites for hydroxylation is 2. The predicted molar refractivity (Wildman–Crippen MR) is 117 cm³/mol. The van der Waals surface area contributed by atoms with Gasteiger partial charge in [-0.05, 0) is 56.9 Å². The number of amides is 2. The summed E-state index contributed by atoms with van der Waals surface area (Å²) in [6.45, 7) is 5.15. The van der Waals surface area contributed by atoms with Gasteiger partial charge in [-0.2, -0.15) is 0 Å². The number of methoxy groups -OCH3 is 1. The summed E-state index contributed by atoms with van der Waals surface area (Å²) in [5.74, 6) is 0.719. The molecule has 1 aromatic carbocycles. The van der Waals surface area contributed by atoms with Crippen LogP contribution in [0.15, 0.2) is 28.9 Å². The number of nitrogens with one attached hydrogen (secondary N) is 1. The van der Waals surface area contributed by atoms with Crippen LogP contribution in [0.1, 0.15) is 46.7 Å². The van der Waals surface area contributed by atoms with Crippen molar-refractivity contribution in [1.29, 1.82) is 0 Å². The Bertz CT molecular complexity index is 1140. The highest BCUT2D eigenvalue weighted by atomic mass is 16.6. The molecule has 0 bridgehead atoms. The first kappa shape index (κ1) is 21.7. The van der Waals surface area contributed by atoms with E-state index in [1.807, 2.05) is 36.1 Å². The van der Waals surface area contributed by atoms with Gasteiger partial charge in [0.05, 0.1) is 30.4 Å². The van der Waals surface area contributed by atoms with Crippen LogP contribution in [0, 0.1) is 19.8 Å². The molecule has 0 aliphatic carbocycles. The molecule has 168 valence electrons. The number of aromatic nitrogens is 3. The molecule has 0 saturated carbocycles. The fourth-order valence-corrected chi connectivity index (χ4v) is 4.11. The maximum atomic E-state index is 13.3. The lowest BCUT2D eigenvalue weighted by atomic mass is 9.93. The SMILES string of the molecule is COc1ccc2nc(C)c(C(=O)N3CCCC(CC(=O)NCc4nonc4C)C3)cc2c1. The molecule has 2 amide bonds. The topological polar surface area (TPSA) is 110 Å². The molecule has 1 unspecified atom stereocenters. The smallest absolute Gasteiger partial charge is 0.255 e. The lowest BCUT2D eigenvalue weighted by Crippen LogP contribution is -2.41. The maximum absolute atomic E-state index is 13.3. The first-order valence-electron chi connectivity index (χ1n) is 10.7. The maximum Gasteiger partial charge on any atom is 0.255 e. The minimum atomic E-state index is -0.0673. The molecule has 1 atom stereocenters. The van der Waals surface area contributed by atoms with Gasteiger partial charge in [0, 0.05) is 24.9 Å². The highest BCUT2D eigenvalue weighted by Crippen LogP contribution is 2.25. The summed E-state index contributed by atoms with van der Waals surface area (Å²) < 4.78 is 9.95. The van der Waals surface area contributed by atoms with Crippen LogP contribution in [0.3, 0.4) is 0 Å². The zero-order chi connectivity index (χ0) is 22.7. The molecular weight excluding hydrogens is 410 g/mol. The molecule has 9 heteroatoms. The van der Waals surface area contributed by atoms with Crippen LogP contribution in [0.2, 0.25) is 0 Å². The molecule has 0 spiro atoms. The molecule has 1 saturated heterocycles. The molecule has 1 fully saturated rings. The second-order valence-electron chi connectivity index (χ2n) is 8.22. The molecule has 1 N–H and O–H groups in total. The average Bonchev–Trinajstić information content (AvgIpc) is 3.21. The summed E-state index contributed by atoms with van der Waals surface area (Å²) in [7, 11) is 1.61. The van der Waals surface area contributed by atoms with Crippen molar-refractivity contribution in [2.24, 2.45) is 5.92 Å². The number of ether oxygens (including phenoxy) is 1. The van der Waals surface area contributed by atoms with E-state index >= 15 is 0 Å². The van der Waals surface area contributed by atoms with Gasteiger partial charge in [-0.1, -0.05) is 10.3 Å². The fourth-order valence-electron chi connectivity index (χ4n) is 4.11. The summed E-state index contributed by atoms with van der Waals surface area (Å²) in [4.78, 5) is 32.1. The number of fused-ring (bicyclic) bond motifs is 1. The van der Waals surface area contributed by atoms with Gasteiger partial charge in [0.25, 0.3) is 5.91 Å². The highest BCUT2D eigenvalue weighted by molar-refractivity contribution is 5.99. The van der Waals surface area contributed by atoms with Crippen molar-refractivity contribution in [3.8, 4) is 5.75 Å². The largest absolute Gasteiger partial charge is 0.497 e. The van der Waals surface area contributed by atoms with Crippen molar-refractivity contribution in [2.45, 2.75) is 39.7 Å². The van der Waals surface area contributed by atoms with Gasteiger partial charge in [0.2, 0.25) is 5.91 Å². The summed E-state index contributed by atoms with van der Waals surface area (Å²) in [5, 5.41) is 11.2. The highest BCUT2D eigenvalue weighted by Gasteiger charge is 2.27. The van der Waals surface area contributed by atoms with E-state index in [2.05, 4.69) is 25.2 Å². The first-order valence-corrected chi connectivity index (χ1v) is 10.7. The van der Waals surface area contributed by atoms with E-state index in [4.69, 9.17) is 4.74 Å². The molecule has 9 nitrogen and oxygen atoms in total. The van der Waals surface area contributed by atoms with E-state index in [-0.39, 0.29) is 24.3 Å². The van der Waals surface area contributed by atoms with Crippen molar-refractivity contribution >= 4 is 22.7 Å². The van der Waals surface area contributed by atoms with Crippen molar-refractivity contribution in [3.63, 3.8) is 0 Å². The van der Waals surface area contributed by atoms with Crippen LogP contribution in [0.4, 0.5) is 0 Å². The molecule has 3 heterocycles. The number of hydrogen-bond acceptors (Lipinski definition) is 7. The van der Waals surface area contributed by atoms with Crippen LogP contribution in [0.25, 0.3) is 10.9 Å². The van der Waals surface area contributed by atoms with Gasteiger partial charge in [-0.3, -0.25) is 14.6 Å². The van der Waals surface area contributed by atoms with Crippen LogP contribution >= 0.6 is 0 Å². The third-order valence-electron chi connectivity index (χ3n) is 5.92. The number of piperidine rings is 1.